The molecule has 1 aliphatic rings. The number of amides is 2. The van der Waals surface area contributed by atoms with E-state index in [-0.39, 0.29) is 23.9 Å². The van der Waals surface area contributed by atoms with E-state index in [4.69, 9.17) is 11.5 Å². The lowest BCUT2D eigenvalue weighted by molar-refractivity contribution is -0.130. The van der Waals surface area contributed by atoms with E-state index >= 15 is 0 Å². The number of H-pyrrole nitrogens is 2. The Balaban J connectivity index is 1.43. The maximum atomic E-state index is 13.9. The Kier molecular flexibility index (Phi) is 7.72. The van der Waals surface area contributed by atoms with Gasteiger partial charge in [0.05, 0.1) is 22.8 Å². The Morgan fingerprint density at radius 3 is 2.56 bits per heavy atom. The van der Waals surface area contributed by atoms with Crippen LogP contribution in [-0.4, -0.2) is 39.4 Å². The van der Waals surface area contributed by atoms with E-state index in [9.17, 15) is 14.4 Å². The van der Waals surface area contributed by atoms with E-state index in [1.54, 1.807) is 24.4 Å². The zero-order chi connectivity index (χ0) is 27.5. The van der Waals surface area contributed by atoms with Crippen molar-refractivity contribution in [1.82, 2.24) is 15.0 Å². The molecule has 2 aromatic carbocycles. The molecule has 6 N–H and O–H groups in total. The maximum absolute atomic E-state index is 13.9. The van der Waals surface area contributed by atoms with Crippen molar-refractivity contribution in [2.24, 2.45) is 23.3 Å². The SMILES string of the molecule is Cc1cnccc1-c1cccc(C[C@H](N)C(=O)N(C(=O)C2CCC(CN)CC2)c2ccc3[nH]c(=O)[nH]c3c2)c1. The van der Waals surface area contributed by atoms with Gasteiger partial charge in [-0.15, -0.1) is 0 Å². The molecule has 5 rings (SSSR count). The van der Waals surface area contributed by atoms with Crippen molar-refractivity contribution in [3.63, 3.8) is 0 Å². The molecule has 2 amide bonds. The predicted molar refractivity (Wildman–Crippen MR) is 152 cm³/mol. The fraction of sp³-hybridized carbons (Fsp3) is 0.333. The highest BCUT2D eigenvalue weighted by atomic mass is 16.2. The van der Waals surface area contributed by atoms with Crippen LogP contribution in [0.4, 0.5) is 5.69 Å². The Morgan fingerprint density at radius 1 is 1.05 bits per heavy atom. The number of pyridine rings is 1. The van der Waals surface area contributed by atoms with Crippen molar-refractivity contribution in [3.8, 4) is 11.1 Å². The van der Waals surface area contributed by atoms with Crippen molar-refractivity contribution in [2.45, 2.75) is 45.1 Å². The predicted octanol–water partition coefficient (Wildman–Crippen LogP) is 3.42. The summed E-state index contributed by atoms with van der Waals surface area (Å²) in [7, 11) is 0. The number of fused-ring (bicyclic) bond motifs is 1. The minimum atomic E-state index is -0.941. The Morgan fingerprint density at radius 2 is 1.82 bits per heavy atom. The van der Waals surface area contributed by atoms with Crippen LogP contribution in [-0.2, 0) is 16.0 Å². The second kappa shape index (κ2) is 11.3. The van der Waals surface area contributed by atoms with Crippen LogP contribution in [0.5, 0.6) is 0 Å². The monoisotopic (exact) mass is 526 g/mol. The molecule has 202 valence electrons. The van der Waals surface area contributed by atoms with Gasteiger partial charge in [0.2, 0.25) is 5.91 Å². The maximum Gasteiger partial charge on any atom is 0.323 e. The summed E-state index contributed by atoms with van der Waals surface area (Å²) in [6.45, 7) is 2.60. The Bertz CT molecular complexity index is 1550. The second-order valence-corrected chi connectivity index (χ2v) is 10.5. The largest absolute Gasteiger partial charge is 0.330 e. The highest BCUT2D eigenvalue weighted by Gasteiger charge is 2.35. The van der Waals surface area contributed by atoms with Crippen LogP contribution in [0.3, 0.4) is 0 Å². The minimum absolute atomic E-state index is 0.260. The number of nitrogens with one attached hydrogen (secondary N) is 2. The number of imidazole rings is 1. The topological polar surface area (TPSA) is 151 Å². The highest BCUT2D eigenvalue weighted by Crippen LogP contribution is 2.32. The third-order valence-corrected chi connectivity index (χ3v) is 7.76. The zero-order valence-corrected chi connectivity index (χ0v) is 22.0. The van der Waals surface area contributed by atoms with E-state index in [0.717, 1.165) is 35.1 Å². The molecular formula is C30H34N6O3. The van der Waals surface area contributed by atoms with Gasteiger partial charge in [0.25, 0.3) is 5.91 Å². The lowest BCUT2D eigenvalue weighted by atomic mass is 9.81. The number of carbonyl (C=O) groups excluding carboxylic acids is 2. The molecule has 1 fully saturated rings. The number of aromatic nitrogens is 3. The summed E-state index contributed by atoms with van der Waals surface area (Å²) in [5.41, 5.74) is 17.5. The van der Waals surface area contributed by atoms with Crippen LogP contribution in [0.25, 0.3) is 22.2 Å². The molecule has 1 aliphatic carbocycles. The average molecular weight is 527 g/mol. The number of carbonyl (C=O) groups is 2. The van der Waals surface area contributed by atoms with Crippen LogP contribution in [0, 0.1) is 18.8 Å². The number of imide groups is 1. The minimum Gasteiger partial charge on any atom is -0.330 e. The molecule has 0 aliphatic heterocycles. The first kappa shape index (κ1) is 26.5. The summed E-state index contributed by atoms with van der Waals surface area (Å²) in [6, 6.07) is 13.9. The molecule has 2 heterocycles. The smallest absolute Gasteiger partial charge is 0.323 e. The van der Waals surface area contributed by atoms with E-state index in [0.29, 0.717) is 42.0 Å². The second-order valence-electron chi connectivity index (χ2n) is 10.5. The molecule has 0 radical (unpaired) electrons. The van der Waals surface area contributed by atoms with Crippen molar-refractivity contribution < 1.29 is 9.59 Å². The van der Waals surface area contributed by atoms with E-state index in [1.807, 2.05) is 43.5 Å². The molecule has 9 heteroatoms. The summed E-state index contributed by atoms with van der Waals surface area (Å²) in [4.78, 5) is 50.3. The van der Waals surface area contributed by atoms with Gasteiger partial charge in [-0.3, -0.25) is 14.6 Å². The molecule has 0 saturated heterocycles. The number of nitrogens with two attached hydrogens (primary N) is 2. The molecule has 4 aromatic rings. The van der Waals surface area contributed by atoms with Crippen molar-refractivity contribution in [2.75, 3.05) is 11.4 Å². The Hall–Kier alpha value is -4.08. The Labute approximate surface area is 226 Å². The quantitative estimate of drug-likeness (QED) is 0.290. The summed E-state index contributed by atoms with van der Waals surface area (Å²) < 4.78 is 0. The number of aromatic amines is 2. The molecule has 1 atom stereocenters. The van der Waals surface area contributed by atoms with E-state index in [1.165, 1.54) is 4.90 Å². The number of hydrogen-bond donors (Lipinski definition) is 4. The van der Waals surface area contributed by atoms with Crippen molar-refractivity contribution in [1.29, 1.82) is 0 Å². The molecule has 1 saturated carbocycles. The molecule has 9 nitrogen and oxygen atoms in total. The summed E-state index contributed by atoms with van der Waals surface area (Å²) in [5, 5.41) is 0. The lowest BCUT2D eigenvalue weighted by Gasteiger charge is -2.32. The van der Waals surface area contributed by atoms with Gasteiger partial charge in [0.1, 0.15) is 0 Å². The third-order valence-electron chi connectivity index (χ3n) is 7.76. The average Bonchev–Trinajstić information content (AvgIpc) is 3.33. The van der Waals surface area contributed by atoms with Crippen LogP contribution < -0.4 is 22.1 Å². The van der Waals surface area contributed by atoms with E-state index in [2.05, 4.69) is 15.0 Å². The molecule has 0 spiro atoms. The number of nitrogens with zero attached hydrogens (tertiary/aromatic N) is 2. The number of anilines is 1. The fourth-order valence-electron chi connectivity index (χ4n) is 5.52. The van der Waals surface area contributed by atoms with E-state index < -0.39 is 11.9 Å². The first-order chi connectivity index (χ1) is 18.8. The highest BCUT2D eigenvalue weighted by molar-refractivity contribution is 6.17. The van der Waals surface area contributed by atoms with Gasteiger partial charge in [-0.2, -0.15) is 0 Å². The molecular weight excluding hydrogens is 492 g/mol. The van der Waals surface area contributed by atoms with Crippen molar-refractivity contribution in [3.05, 3.63) is 82.5 Å². The number of aryl methyl sites for hydroxylation is 1. The van der Waals surface area contributed by atoms with Gasteiger partial charge in [-0.05, 0) is 98.0 Å². The molecule has 2 aromatic heterocycles. The van der Waals surface area contributed by atoms with Gasteiger partial charge >= 0.3 is 5.69 Å². The van der Waals surface area contributed by atoms with Crippen molar-refractivity contribution >= 4 is 28.5 Å². The lowest BCUT2D eigenvalue weighted by Crippen LogP contribution is -2.50. The van der Waals surface area contributed by atoms with Crippen LogP contribution in [0.1, 0.15) is 36.8 Å². The number of benzene rings is 2. The summed E-state index contributed by atoms with van der Waals surface area (Å²) in [5.74, 6) is -0.617. The van der Waals surface area contributed by atoms with Gasteiger partial charge in [-0.1, -0.05) is 24.3 Å². The van der Waals surface area contributed by atoms with Gasteiger partial charge in [0, 0.05) is 18.3 Å². The summed E-state index contributed by atoms with van der Waals surface area (Å²) in [6.07, 6.45) is 6.90. The first-order valence-corrected chi connectivity index (χ1v) is 13.4. The fourth-order valence-corrected chi connectivity index (χ4v) is 5.52. The normalized spacial score (nSPS) is 18.1. The first-order valence-electron chi connectivity index (χ1n) is 13.4. The van der Waals surface area contributed by atoms with Gasteiger partial charge < -0.3 is 21.4 Å². The van der Waals surface area contributed by atoms with Crippen LogP contribution in [0.15, 0.2) is 65.7 Å². The van der Waals surface area contributed by atoms with Gasteiger partial charge in [0.15, 0.2) is 0 Å². The molecule has 39 heavy (non-hydrogen) atoms. The van der Waals surface area contributed by atoms with Crippen LogP contribution in [0.2, 0.25) is 0 Å². The third kappa shape index (κ3) is 5.69. The zero-order valence-electron chi connectivity index (χ0n) is 22.0. The molecule has 0 unspecified atom stereocenters. The molecule has 0 bridgehead atoms. The number of hydrogen-bond acceptors (Lipinski definition) is 6. The number of rotatable bonds is 7. The van der Waals surface area contributed by atoms with Crippen LogP contribution >= 0.6 is 0 Å². The van der Waals surface area contributed by atoms with Gasteiger partial charge in [-0.25, -0.2) is 9.69 Å². The standard InChI is InChI=1S/C30H34N6O3/c1-18-17-33-12-11-24(18)22-4-2-3-20(13-22)14-25(32)29(38)36(28(37)21-7-5-19(16-31)6-8-21)23-9-10-26-27(15-23)35-30(39)34-26/h2-4,9-13,15,17,19,21,25H,5-8,14,16,31-32H2,1H3,(H2,34,35,39)/t19?,21?,25-/m0/s1. The summed E-state index contributed by atoms with van der Waals surface area (Å²) >= 11 is 0.